The number of aryl methyl sites for hydroxylation is 2. The largest absolute Gasteiger partial charge is 0.338 e. The first kappa shape index (κ1) is 14.2. The van der Waals surface area contributed by atoms with Gasteiger partial charge in [0, 0.05) is 41.8 Å². The molecule has 3 rings (SSSR count). The summed E-state index contributed by atoms with van der Waals surface area (Å²) in [6.07, 6.45) is 5.50. The van der Waals surface area contributed by atoms with Gasteiger partial charge >= 0.3 is 0 Å². The highest BCUT2D eigenvalue weighted by Crippen LogP contribution is 2.31. The molecule has 110 valence electrons. The molecular formula is C16H19N3OS. The van der Waals surface area contributed by atoms with E-state index in [0.717, 1.165) is 37.2 Å². The highest BCUT2D eigenvalue weighted by Gasteiger charge is 2.27. The average Bonchev–Trinajstić information content (AvgIpc) is 2.87. The second-order valence-corrected chi connectivity index (χ2v) is 6.75. The minimum atomic E-state index is 0.104. The van der Waals surface area contributed by atoms with Gasteiger partial charge in [-0.3, -0.25) is 9.78 Å². The molecule has 1 aliphatic heterocycles. The number of pyridine rings is 1. The fourth-order valence-electron chi connectivity index (χ4n) is 2.71. The van der Waals surface area contributed by atoms with Crippen LogP contribution < -0.4 is 0 Å². The van der Waals surface area contributed by atoms with Crippen molar-refractivity contribution < 1.29 is 4.79 Å². The van der Waals surface area contributed by atoms with Crippen molar-refractivity contribution >= 4 is 17.2 Å². The van der Waals surface area contributed by atoms with Crippen LogP contribution in [0.2, 0.25) is 0 Å². The number of amides is 1. The minimum absolute atomic E-state index is 0.104. The Labute approximate surface area is 128 Å². The van der Waals surface area contributed by atoms with E-state index in [2.05, 4.69) is 23.8 Å². The Kier molecular flexibility index (Phi) is 4.01. The van der Waals surface area contributed by atoms with Gasteiger partial charge in [-0.2, -0.15) is 0 Å². The van der Waals surface area contributed by atoms with Crippen molar-refractivity contribution in [1.29, 1.82) is 0 Å². The lowest BCUT2D eigenvalue weighted by Gasteiger charge is -2.31. The van der Waals surface area contributed by atoms with E-state index in [1.165, 1.54) is 9.88 Å². The monoisotopic (exact) mass is 301 g/mol. The van der Waals surface area contributed by atoms with E-state index < -0.39 is 0 Å². The average molecular weight is 301 g/mol. The highest BCUT2D eigenvalue weighted by atomic mass is 32.1. The lowest BCUT2D eigenvalue weighted by molar-refractivity contribution is 0.0707. The molecule has 0 aliphatic carbocycles. The predicted octanol–water partition coefficient (Wildman–Crippen LogP) is 3.17. The maximum absolute atomic E-state index is 12.5. The number of thiazole rings is 1. The van der Waals surface area contributed by atoms with Gasteiger partial charge < -0.3 is 4.90 Å². The molecule has 2 aromatic rings. The number of nitrogens with zero attached hydrogens (tertiary/aromatic N) is 3. The standard InChI is InChI=1S/C16H19N3OS/c1-11-12(2)21-15(18-11)14-4-3-9-19(10-14)16(20)13-5-7-17-8-6-13/h5-8,14H,3-4,9-10H2,1-2H3/t14-/m1/s1. The zero-order chi connectivity index (χ0) is 14.8. The molecule has 0 N–H and O–H groups in total. The third-order valence-corrected chi connectivity index (χ3v) is 5.27. The van der Waals surface area contributed by atoms with E-state index >= 15 is 0 Å². The summed E-state index contributed by atoms with van der Waals surface area (Å²) in [5.41, 5.74) is 1.84. The summed E-state index contributed by atoms with van der Waals surface area (Å²) < 4.78 is 0. The van der Waals surface area contributed by atoms with Crippen LogP contribution in [0.1, 0.15) is 44.7 Å². The maximum Gasteiger partial charge on any atom is 0.253 e. The Bertz CT molecular complexity index is 619. The number of aromatic nitrogens is 2. The first-order valence-corrected chi connectivity index (χ1v) is 8.10. The number of hydrogen-bond donors (Lipinski definition) is 0. The molecule has 1 amide bonds. The second kappa shape index (κ2) is 5.93. The van der Waals surface area contributed by atoms with Crippen LogP contribution >= 0.6 is 11.3 Å². The molecule has 1 saturated heterocycles. The quantitative estimate of drug-likeness (QED) is 0.856. The SMILES string of the molecule is Cc1nc([C@@H]2CCCN(C(=O)c3ccncc3)C2)sc1C. The summed E-state index contributed by atoms with van der Waals surface area (Å²) in [5, 5.41) is 1.18. The molecule has 1 fully saturated rings. The van der Waals surface area contributed by atoms with Crippen LogP contribution in [0.25, 0.3) is 0 Å². The molecule has 0 spiro atoms. The van der Waals surface area contributed by atoms with Crippen molar-refractivity contribution in [2.24, 2.45) is 0 Å². The molecule has 0 aromatic carbocycles. The fourth-order valence-corrected chi connectivity index (χ4v) is 3.76. The van der Waals surface area contributed by atoms with Gasteiger partial charge in [0.15, 0.2) is 0 Å². The molecule has 4 nitrogen and oxygen atoms in total. The van der Waals surface area contributed by atoms with Gasteiger partial charge in [0.25, 0.3) is 5.91 Å². The summed E-state index contributed by atoms with van der Waals surface area (Å²) in [7, 11) is 0. The zero-order valence-electron chi connectivity index (χ0n) is 12.4. The van der Waals surface area contributed by atoms with Gasteiger partial charge in [0.05, 0.1) is 10.7 Å². The number of hydrogen-bond acceptors (Lipinski definition) is 4. The molecule has 2 aromatic heterocycles. The summed E-state index contributed by atoms with van der Waals surface area (Å²) in [4.78, 5) is 24.4. The van der Waals surface area contributed by atoms with Crippen molar-refractivity contribution in [2.45, 2.75) is 32.6 Å². The molecular weight excluding hydrogens is 282 g/mol. The zero-order valence-corrected chi connectivity index (χ0v) is 13.2. The molecule has 0 saturated carbocycles. The molecule has 1 aliphatic rings. The Balaban J connectivity index is 1.75. The van der Waals surface area contributed by atoms with Crippen LogP contribution in [0.5, 0.6) is 0 Å². The molecule has 0 bridgehead atoms. The van der Waals surface area contributed by atoms with Crippen LogP contribution in [-0.2, 0) is 0 Å². The van der Waals surface area contributed by atoms with E-state index in [0.29, 0.717) is 5.92 Å². The van der Waals surface area contributed by atoms with Gasteiger partial charge in [-0.15, -0.1) is 11.3 Å². The number of piperidine rings is 1. The van der Waals surface area contributed by atoms with E-state index in [4.69, 9.17) is 0 Å². The first-order valence-electron chi connectivity index (χ1n) is 7.28. The van der Waals surface area contributed by atoms with Crippen LogP contribution in [-0.4, -0.2) is 33.9 Å². The molecule has 0 radical (unpaired) electrons. The molecule has 1 atom stereocenters. The van der Waals surface area contributed by atoms with Gasteiger partial charge in [0.2, 0.25) is 0 Å². The molecule has 0 unspecified atom stereocenters. The number of rotatable bonds is 2. The molecule has 21 heavy (non-hydrogen) atoms. The van der Waals surface area contributed by atoms with Crippen molar-refractivity contribution in [1.82, 2.24) is 14.9 Å². The van der Waals surface area contributed by atoms with Gasteiger partial charge in [-0.1, -0.05) is 0 Å². The summed E-state index contributed by atoms with van der Waals surface area (Å²) >= 11 is 1.77. The van der Waals surface area contributed by atoms with Gasteiger partial charge in [0.1, 0.15) is 0 Å². The van der Waals surface area contributed by atoms with Crippen LogP contribution in [0, 0.1) is 13.8 Å². The Hall–Kier alpha value is -1.75. The topological polar surface area (TPSA) is 46.1 Å². The van der Waals surface area contributed by atoms with Gasteiger partial charge in [-0.05, 0) is 38.8 Å². The summed E-state index contributed by atoms with van der Waals surface area (Å²) in [6, 6.07) is 3.56. The second-order valence-electron chi connectivity index (χ2n) is 5.52. The first-order chi connectivity index (χ1) is 10.1. The number of carbonyl (C=O) groups excluding carboxylic acids is 1. The third kappa shape index (κ3) is 2.97. The van der Waals surface area contributed by atoms with Crippen molar-refractivity contribution in [3.05, 3.63) is 45.7 Å². The van der Waals surface area contributed by atoms with Crippen LogP contribution in [0.3, 0.4) is 0 Å². The van der Waals surface area contributed by atoms with Crippen molar-refractivity contribution in [3.63, 3.8) is 0 Å². The highest BCUT2D eigenvalue weighted by molar-refractivity contribution is 7.11. The lowest BCUT2D eigenvalue weighted by Crippen LogP contribution is -2.39. The van der Waals surface area contributed by atoms with E-state index in [1.54, 1.807) is 35.9 Å². The summed E-state index contributed by atoms with van der Waals surface area (Å²) in [5.74, 6) is 0.481. The van der Waals surface area contributed by atoms with Crippen LogP contribution in [0.4, 0.5) is 0 Å². The minimum Gasteiger partial charge on any atom is -0.338 e. The predicted molar refractivity (Wildman–Crippen MR) is 83.7 cm³/mol. The van der Waals surface area contributed by atoms with E-state index in [9.17, 15) is 4.79 Å². The van der Waals surface area contributed by atoms with Crippen molar-refractivity contribution in [2.75, 3.05) is 13.1 Å². The molecule has 5 heteroatoms. The maximum atomic E-state index is 12.5. The summed E-state index contributed by atoms with van der Waals surface area (Å²) in [6.45, 7) is 5.77. The van der Waals surface area contributed by atoms with E-state index in [1.807, 2.05) is 4.90 Å². The third-order valence-electron chi connectivity index (χ3n) is 4.03. The van der Waals surface area contributed by atoms with E-state index in [-0.39, 0.29) is 5.91 Å². The smallest absolute Gasteiger partial charge is 0.253 e. The van der Waals surface area contributed by atoms with Crippen molar-refractivity contribution in [3.8, 4) is 0 Å². The Morgan fingerprint density at radius 3 is 2.76 bits per heavy atom. The number of likely N-dealkylation sites (tertiary alicyclic amines) is 1. The van der Waals surface area contributed by atoms with Gasteiger partial charge in [-0.25, -0.2) is 4.98 Å². The van der Waals surface area contributed by atoms with Crippen LogP contribution in [0.15, 0.2) is 24.5 Å². The fraction of sp³-hybridized carbons (Fsp3) is 0.438. The molecule has 3 heterocycles. The Morgan fingerprint density at radius 2 is 2.10 bits per heavy atom. The normalized spacial score (nSPS) is 18.8. The lowest BCUT2D eigenvalue weighted by atomic mass is 9.98. The number of carbonyl (C=O) groups is 1. The Morgan fingerprint density at radius 1 is 1.33 bits per heavy atom.